The second-order valence-electron chi connectivity index (χ2n) is 10.4. The number of carbonyl (C=O) groups excluding carboxylic acids is 1. The number of alkyl halides is 1. The van der Waals surface area contributed by atoms with Crippen LogP contribution in [0.15, 0.2) is 24.3 Å². The summed E-state index contributed by atoms with van der Waals surface area (Å²) in [5.41, 5.74) is 0.802. The fourth-order valence-corrected chi connectivity index (χ4v) is 4.69. The Bertz CT molecular complexity index is 697. The van der Waals surface area contributed by atoms with Crippen molar-refractivity contribution in [1.29, 1.82) is 0 Å². The molecule has 1 aromatic carbocycles. The molecule has 1 saturated carbocycles. The van der Waals surface area contributed by atoms with Gasteiger partial charge in [-0.15, -0.1) is 0 Å². The maximum Gasteiger partial charge on any atom is 0.230 e. The minimum Gasteiger partial charge on any atom is -0.312 e. The fraction of sp³-hybridized carbons (Fsp3) is 0.720. The standard InChI is InChI=1S/C25H38F2N2O/c1-25(2,3)13-15-28-14-12-20(23(27)18-28)17-29(22-11-7-10-21(26)16-22)24(30)19-8-5-4-6-9-19/h7,10-11,16,19-20,23H,4-6,8-9,12-15,17-18H2,1-3H3. The van der Waals surface area contributed by atoms with Crippen molar-refractivity contribution in [3.63, 3.8) is 0 Å². The number of nitrogens with zero attached hydrogens (tertiary/aromatic N) is 2. The van der Waals surface area contributed by atoms with Crippen LogP contribution in [-0.4, -0.2) is 43.2 Å². The van der Waals surface area contributed by atoms with E-state index < -0.39 is 6.17 Å². The van der Waals surface area contributed by atoms with E-state index in [2.05, 4.69) is 25.7 Å². The van der Waals surface area contributed by atoms with E-state index in [1.165, 1.54) is 18.6 Å². The summed E-state index contributed by atoms with van der Waals surface area (Å²) in [6.07, 6.45) is 5.87. The molecule has 1 heterocycles. The van der Waals surface area contributed by atoms with Crippen molar-refractivity contribution in [2.24, 2.45) is 17.3 Å². The molecule has 1 amide bonds. The molecule has 1 saturated heterocycles. The van der Waals surface area contributed by atoms with Gasteiger partial charge in [-0.2, -0.15) is 0 Å². The highest BCUT2D eigenvalue weighted by Crippen LogP contribution is 2.31. The van der Waals surface area contributed by atoms with Crippen LogP contribution in [0.5, 0.6) is 0 Å². The zero-order valence-corrected chi connectivity index (χ0v) is 18.9. The summed E-state index contributed by atoms with van der Waals surface area (Å²) in [6, 6.07) is 6.20. The van der Waals surface area contributed by atoms with Gasteiger partial charge in [-0.1, -0.05) is 46.1 Å². The number of hydrogen-bond donors (Lipinski definition) is 0. The molecule has 5 heteroatoms. The van der Waals surface area contributed by atoms with Crippen molar-refractivity contribution in [2.75, 3.05) is 31.1 Å². The van der Waals surface area contributed by atoms with Crippen LogP contribution in [0.2, 0.25) is 0 Å². The van der Waals surface area contributed by atoms with E-state index >= 15 is 4.39 Å². The molecule has 3 nitrogen and oxygen atoms in total. The van der Waals surface area contributed by atoms with Gasteiger partial charge in [0.25, 0.3) is 0 Å². The third-order valence-electron chi connectivity index (χ3n) is 6.70. The normalized spacial score (nSPS) is 24.0. The van der Waals surface area contributed by atoms with Crippen LogP contribution in [0, 0.1) is 23.1 Å². The highest BCUT2D eigenvalue weighted by Gasteiger charge is 2.34. The molecule has 168 valence electrons. The molecule has 1 aliphatic carbocycles. The van der Waals surface area contributed by atoms with Gasteiger partial charge in [0.1, 0.15) is 12.0 Å². The molecule has 0 bridgehead atoms. The first-order valence-corrected chi connectivity index (χ1v) is 11.7. The summed E-state index contributed by atoms with van der Waals surface area (Å²) in [5.74, 6) is -0.538. The van der Waals surface area contributed by atoms with E-state index in [0.717, 1.165) is 51.6 Å². The van der Waals surface area contributed by atoms with E-state index in [1.54, 1.807) is 17.0 Å². The number of hydrogen-bond acceptors (Lipinski definition) is 2. The summed E-state index contributed by atoms with van der Waals surface area (Å²) in [7, 11) is 0. The second-order valence-corrected chi connectivity index (χ2v) is 10.4. The van der Waals surface area contributed by atoms with Gasteiger partial charge in [0.15, 0.2) is 0 Å². The lowest BCUT2D eigenvalue weighted by Gasteiger charge is -2.39. The highest BCUT2D eigenvalue weighted by atomic mass is 19.1. The molecule has 3 rings (SSSR count). The number of piperidine rings is 1. The number of rotatable bonds is 6. The SMILES string of the molecule is CC(C)(C)CCN1CCC(CN(C(=O)C2CCCCC2)c2cccc(F)c2)C(F)C1. The fourth-order valence-electron chi connectivity index (χ4n) is 4.69. The monoisotopic (exact) mass is 420 g/mol. The molecule has 1 aromatic rings. The Morgan fingerprint density at radius 3 is 2.53 bits per heavy atom. The van der Waals surface area contributed by atoms with Crippen molar-refractivity contribution < 1.29 is 13.6 Å². The van der Waals surface area contributed by atoms with E-state index in [-0.39, 0.29) is 29.0 Å². The Kier molecular flexibility index (Phi) is 7.89. The molecule has 2 fully saturated rings. The lowest BCUT2D eigenvalue weighted by Crippen LogP contribution is -2.48. The largest absolute Gasteiger partial charge is 0.312 e. The first kappa shape index (κ1) is 23.2. The Balaban J connectivity index is 1.68. The number of anilines is 1. The van der Waals surface area contributed by atoms with E-state index in [9.17, 15) is 9.18 Å². The van der Waals surface area contributed by atoms with E-state index in [0.29, 0.717) is 18.8 Å². The quantitative estimate of drug-likeness (QED) is 0.578. The Morgan fingerprint density at radius 2 is 1.90 bits per heavy atom. The van der Waals surface area contributed by atoms with Crippen molar-refractivity contribution >= 4 is 11.6 Å². The lowest BCUT2D eigenvalue weighted by molar-refractivity contribution is -0.123. The Hall–Kier alpha value is -1.49. The maximum absolute atomic E-state index is 15.1. The molecule has 0 spiro atoms. The van der Waals surface area contributed by atoms with Gasteiger partial charge in [0.2, 0.25) is 5.91 Å². The molecule has 2 unspecified atom stereocenters. The zero-order chi connectivity index (χ0) is 21.7. The van der Waals surface area contributed by atoms with E-state index in [1.807, 2.05) is 0 Å². The van der Waals surface area contributed by atoms with Gasteiger partial charge in [0.05, 0.1) is 0 Å². The average molecular weight is 421 g/mol. The second kappa shape index (κ2) is 10.2. The first-order chi connectivity index (χ1) is 14.2. The van der Waals surface area contributed by atoms with Crippen LogP contribution in [0.4, 0.5) is 14.5 Å². The summed E-state index contributed by atoms with van der Waals surface area (Å²) < 4.78 is 29.0. The lowest BCUT2D eigenvalue weighted by atomic mass is 9.87. The average Bonchev–Trinajstić information content (AvgIpc) is 2.71. The maximum atomic E-state index is 15.1. The summed E-state index contributed by atoms with van der Waals surface area (Å²) in [5, 5.41) is 0. The van der Waals surface area contributed by atoms with Gasteiger partial charge < -0.3 is 9.80 Å². The van der Waals surface area contributed by atoms with Crippen molar-refractivity contribution in [1.82, 2.24) is 4.90 Å². The molecule has 2 aliphatic rings. The molecule has 0 N–H and O–H groups in total. The first-order valence-electron chi connectivity index (χ1n) is 11.7. The molecular formula is C25H38F2N2O. The molecule has 30 heavy (non-hydrogen) atoms. The molecule has 2 atom stereocenters. The number of benzene rings is 1. The van der Waals surface area contributed by atoms with Crippen LogP contribution in [0.3, 0.4) is 0 Å². The summed E-state index contributed by atoms with van der Waals surface area (Å²) in [4.78, 5) is 17.2. The smallest absolute Gasteiger partial charge is 0.230 e. The highest BCUT2D eigenvalue weighted by molar-refractivity contribution is 5.95. The Labute approximate surface area is 180 Å². The molecule has 0 radical (unpaired) electrons. The van der Waals surface area contributed by atoms with Gasteiger partial charge >= 0.3 is 0 Å². The molecular weight excluding hydrogens is 382 g/mol. The van der Waals surface area contributed by atoms with E-state index in [4.69, 9.17) is 0 Å². The predicted molar refractivity (Wildman–Crippen MR) is 119 cm³/mol. The topological polar surface area (TPSA) is 23.6 Å². The predicted octanol–water partition coefficient (Wildman–Crippen LogP) is 5.84. The van der Waals surface area contributed by atoms with Crippen LogP contribution in [0.1, 0.15) is 65.7 Å². The van der Waals surface area contributed by atoms with Crippen LogP contribution in [-0.2, 0) is 4.79 Å². The van der Waals surface area contributed by atoms with Crippen molar-refractivity contribution in [3.8, 4) is 0 Å². The van der Waals surface area contributed by atoms with Gasteiger partial charge in [-0.3, -0.25) is 4.79 Å². The third kappa shape index (κ3) is 6.50. The van der Waals surface area contributed by atoms with Crippen molar-refractivity contribution in [3.05, 3.63) is 30.1 Å². The number of halogens is 2. The molecule has 0 aromatic heterocycles. The number of carbonyl (C=O) groups is 1. The van der Waals surface area contributed by atoms with Crippen LogP contribution in [0.25, 0.3) is 0 Å². The van der Waals surface area contributed by atoms with Crippen molar-refractivity contribution in [2.45, 2.75) is 71.9 Å². The minimum atomic E-state index is -0.964. The van der Waals surface area contributed by atoms with Gasteiger partial charge in [-0.05, 0) is 62.4 Å². The summed E-state index contributed by atoms with van der Waals surface area (Å²) >= 11 is 0. The molecule has 1 aliphatic heterocycles. The number of amides is 1. The number of likely N-dealkylation sites (tertiary alicyclic amines) is 1. The minimum absolute atomic E-state index is 0.0213. The zero-order valence-electron chi connectivity index (χ0n) is 18.9. The van der Waals surface area contributed by atoms with Crippen LogP contribution < -0.4 is 4.90 Å². The van der Waals surface area contributed by atoms with Gasteiger partial charge in [-0.25, -0.2) is 8.78 Å². The van der Waals surface area contributed by atoms with Crippen LogP contribution >= 0.6 is 0 Å². The Morgan fingerprint density at radius 1 is 1.17 bits per heavy atom. The summed E-state index contributed by atoms with van der Waals surface area (Å²) in [6.45, 7) is 9.16. The van der Waals surface area contributed by atoms with Gasteiger partial charge in [0, 0.05) is 30.6 Å². The third-order valence-corrected chi connectivity index (χ3v) is 6.70.